The predicted octanol–water partition coefficient (Wildman–Crippen LogP) is 5.14. The smallest absolute Gasteiger partial charge is 0.186 e. The van der Waals surface area contributed by atoms with Gasteiger partial charge in [-0.05, 0) is 24.3 Å². The predicted molar refractivity (Wildman–Crippen MR) is 97.1 cm³/mol. The van der Waals surface area contributed by atoms with Crippen molar-refractivity contribution in [2.75, 3.05) is 18.0 Å². The summed E-state index contributed by atoms with van der Waals surface area (Å²) in [5.74, 6) is 0.783. The molecule has 0 aliphatic carbocycles. The third-order valence-corrected chi connectivity index (χ3v) is 5.58. The second kappa shape index (κ2) is 6.49. The molecule has 0 amide bonds. The minimum Gasteiger partial charge on any atom is -0.489 e. The van der Waals surface area contributed by atoms with E-state index in [-0.39, 0.29) is 11.9 Å². The summed E-state index contributed by atoms with van der Waals surface area (Å²) in [5, 5.41) is 13.1. The molecule has 0 spiro atoms. The lowest BCUT2D eigenvalue weighted by Crippen LogP contribution is -2.38. The maximum atomic E-state index is 11.5. The average molecular weight is 360 g/mol. The summed E-state index contributed by atoms with van der Waals surface area (Å²) in [6, 6.07) is 12.6. The van der Waals surface area contributed by atoms with Crippen molar-refractivity contribution in [1.29, 1.82) is 0 Å². The van der Waals surface area contributed by atoms with Gasteiger partial charge in [-0.2, -0.15) is 0 Å². The fourth-order valence-corrected chi connectivity index (χ4v) is 4.14. The molecule has 4 nitrogen and oxygen atoms in total. The molecule has 24 heavy (non-hydrogen) atoms. The molecule has 1 aliphatic rings. The van der Waals surface area contributed by atoms with Crippen molar-refractivity contribution in [1.82, 2.24) is 4.98 Å². The number of halogens is 1. The molecule has 123 valence electrons. The van der Waals surface area contributed by atoms with Gasteiger partial charge in [-0.1, -0.05) is 35.1 Å². The molecule has 1 radical (unpaired) electrons. The third-order valence-electron chi connectivity index (χ3n) is 4.19. The van der Waals surface area contributed by atoms with Crippen LogP contribution in [0.4, 0.5) is 5.13 Å². The van der Waals surface area contributed by atoms with E-state index in [0.29, 0.717) is 5.02 Å². The number of thiazole rings is 1. The number of piperidine rings is 1. The van der Waals surface area contributed by atoms with Crippen LogP contribution < -0.4 is 9.64 Å². The fraction of sp³-hybridized carbons (Fsp3) is 0.278. The second-order valence-corrected chi connectivity index (χ2v) is 7.28. The first-order valence-electron chi connectivity index (χ1n) is 7.93. The molecular formula is C18H16ClN2O2S. The summed E-state index contributed by atoms with van der Waals surface area (Å²) in [5.41, 5.74) is 0.893. The van der Waals surface area contributed by atoms with Gasteiger partial charge in [0, 0.05) is 32.0 Å². The maximum absolute atomic E-state index is 11.5. The van der Waals surface area contributed by atoms with Crippen molar-refractivity contribution < 1.29 is 9.84 Å². The Kier molecular flexibility index (Phi) is 4.21. The van der Waals surface area contributed by atoms with E-state index >= 15 is 0 Å². The molecule has 6 heteroatoms. The topological polar surface area (TPSA) is 45.3 Å². The van der Waals surface area contributed by atoms with Crippen molar-refractivity contribution in [2.45, 2.75) is 18.9 Å². The molecule has 1 fully saturated rings. The van der Waals surface area contributed by atoms with Gasteiger partial charge in [-0.15, -0.1) is 0 Å². The second-order valence-electron chi connectivity index (χ2n) is 5.86. The standard InChI is InChI=1S/C18H16ClN2O2S/c19-14-3-1-2-4-16(14)23-13-7-9-21(10-8-13)18-20-15-6-5-12(22)11-17(15)24-18/h1-6,11,13H,7-10H2. The number of ether oxygens (including phenoxy) is 1. The van der Waals surface area contributed by atoms with Crippen molar-refractivity contribution in [2.24, 2.45) is 0 Å². The van der Waals surface area contributed by atoms with E-state index in [4.69, 9.17) is 16.3 Å². The third kappa shape index (κ3) is 3.14. The van der Waals surface area contributed by atoms with Gasteiger partial charge >= 0.3 is 0 Å². The van der Waals surface area contributed by atoms with E-state index in [1.165, 1.54) is 0 Å². The molecule has 0 N–H and O–H groups in total. The summed E-state index contributed by atoms with van der Waals surface area (Å²) in [6.07, 6.45) is 2.02. The van der Waals surface area contributed by atoms with E-state index in [1.807, 2.05) is 24.3 Å². The van der Waals surface area contributed by atoms with Crippen molar-refractivity contribution in [3.05, 3.63) is 47.5 Å². The molecule has 0 atom stereocenters. The minimum atomic E-state index is 0.0320. The van der Waals surface area contributed by atoms with Crippen LogP contribution in [0.2, 0.25) is 5.02 Å². The highest BCUT2D eigenvalue weighted by molar-refractivity contribution is 7.22. The van der Waals surface area contributed by atoms with Crippen LogP contribution >= 0.6 is 22.9 Å². The van der Waals surface area contributed by atoms with E-state index in [2.05, 4.69) is 9.88 Å². The SMILES string of the molecule is [O]c1ccc2nc(N3CCC(Oc4ccccc4Cl)CC3)sc2c1. The maximum Gasteiger partial charge on any atom is 0.186 e. The number of anilines is 1. The molecule has 0 unspecified atom stereocenters. The van der Waals surface area contributed by atoms with Gasteiger partial charge in [0.1, 0.15) is 11.9 Å². The molecule has 2 heterocycles. The van der Waals surface area contributed by atoms with Gasteiger partial charge in [-0.25, -0.2) is 4.98 Å². The van der Waals surface area contributed by atoms with Crippen LogP contribution in [0.1, 0.15) is 12.8 Å². The molecule has 3 aromatic rings. The van der Waals surface area contributed by atoms with Gasteiger partial charge in [0.2, 0.25) is 0 Å². The highest BCUT2D eigenvalue weighted by Crippen LogP contribution is 2.33. The molecule has 1 aromatic heterocycles. The molecular weight excluding hydrogens is 344 g/mol. The number of hydrogen-bond acceptors (Lipinski definition) is 4. The van der Waals surface area contributed by atoms with Crippen LogP contribution in [0.25, 0.3) is 10.2 Å². The van der Waals surface area contributed by atoms with Gasteiger partial charge in [0.15, 0.2) is 10.9 Å². The van der Waals surface area contributed by atoms with E-state index < -0.39 is 0 Å². The summed E-state index contributed by atoms with van der Waals surface area (Å²) >= 11 is 7.74. The van der Waals surface area contributed by atoms with E-state index in [1.54, 1.807) is 29.5 Å². The normalized spacial score (nSPS) is 15.8. The quantitative estimate of drug-likeness (QED) is 0.650. The van der Waals surface area contributed by atoms with Crippen LogP contribution in [0.15, 0.2) is 42.5 Å². The Morgan fingerprint density at radius 1 is 1.17 bits per heavy atom. The number of nitrogens with zero attached hydrogens (tertiary/aromatic N) is 2. The lowest BCUT2D eigenvalue weighted by molar-refractivity contribution is 0.171. The Morgan fingerprint density at radius 3 is 2.75 bits per heavy atom. The van der Waals surface area contributed by atoms with Crippen LogP contribution in [-0.4, -0.2) is 24.2 Å². The largest absolute Gasteiger partial charge is 0.489 e. The first kappa shape index (κ1) is 15.5. The fourth-order valence-electron chi connectivity index (χ4n) is 2.91. The number of rotatable bonds is 3. The Balaban J connectivity index is 1.42. The highest BCUT2D eigenvalue weighted by Gasteiger charge is 2.23. The zero-order chi connectivity index (χ0) is 16.5. The Labute approximate surface area is 149 Å². The number of hydrogen-bond donors (Lipinski definition) is 0. The van der Waals surface area contributed by atoms with Crippen LogP contribution in [-0.2, 0) is 5.11 Å². The van der Waals surface area contributed by atoms with Gasteiger partial charge in [0.05, 0.1) is 15.2 Å². The summed E-state index contributed by atoms with van der Waals surface area (Å²) in [4.78, 5) is 6.91. The molecule has 1 aliphatic heterocycles. The zero-order valence-corrected chi connectivity index (χ0v) is 14.5. The van der Waals surface area contributed by atoms with Crippen LogP contribution in [0.3, 0.4) is 0 Å². The molecule has 4 rings (SSSR count). The van der Waals surface area contributed by atoms with E-state index in [9.17, 15) is 5.11 Å². The van der Waals surface area contributed by atoms with Crippen molar-refractivity contribution in [3.8, 4) is 11.5 Å². The Bertz CT molecular complexity index is 859. The molecule has 1 saturated heterocycles. The van der Waals surface area contributed by atoms with Crippen molar-refractivity contribution >= 4 is 38.3 Å². The first-order valence-corrected chi connectivity index (χ1v) is 9.12. The Hall–Kier alpha value is -1.98. The minimum absolute atomic E-state index is 0.0320. The van der Waals surface area contributed by atoms with Crippen LogP contribution in [0.5, 0.6) is 11.5 Å². The lowest BCUT2D eigenvalue weighted by atomic mass is 10.1. The van der Waals surface area contributed by atoms with Gasteiger partial charge in [-0.3, -0.25) is 5.11 Å². The number of para-hydroxylation sites is 1. The highest BCUT2D eigenvalue weighted by atomic mass is 35.5. The lowest BCUT2D eigenvalue weighted by Gasteiger charge is -2.32. The van der Waals surface area contributed by atoms with Crippen molar-refractivity contribution in [3.63, 3.8) is 0 Å². The van der Waals surface area contributed by atoms with Gasteiger partial charge < -0.3 is 9.64 Å². The monoisotopic (exact) mass is 359 g/mol. The summed E-state index contributed by atoms with van der Waals surface area (Å²) < 4.78 is 6.98. The molecule has 0 saturated carbocycles. The first-order chi connectivity index (χ1) is 11.7. The summed E-state index contributed by atoms with van der Waals surface area (Å²) in [6.45, 7) is 1.78. The zero-order valence-electron chi connectivity index (χ0n) is 12.9. The molecule has 0 bridgehead atoms. The number of fused-ring (bicyclic) bond motifs is 1. The van der Waals surface area contributed by atoms with Crippen LogP contribution in [0, 0.1) is 0 Å². The Morgan fingerprint density at radius 2 is 1.96 bits per heavy atom. The van der Waals surface area contributed by atoms with Gasteiger partial charge in [0.25, 0.3) is 0 Å². The van der Waals surface area contributed by atoms with E-state index in [0.717, 1.165) is 47.0 Å². The number of benzene rings is 2. The molecule has 2 aromatic carbocycles. The summed E-state index contributed by atoms with van der Waals surface area (Å²) in [7, 11) is 0. The average Bonchev–Trinajstić information content (AvgIpc) is 3.01. The number of aromatic nitrogens is 1.